The van der Waals surface area contributed by atoms with Gasteiger partial charge in [0.15, 0.2) is 17.7 Å². The second-order valence-electron chi connectivity index (χ2n) is 17.0. The first-order valence-electron chi connectivity index (χ1n) is 20.4. The van der Waals surface area contributed by atoms with E-state index in [-0.39, 0.29) is 37.3 Å². The number of carbonyl (C=O) groups excluding carboxylic acids is 4. The molecule has 58 heavy (non-hydrogen) atoms. The van der Waals surface area contributed by atoms with Crippen LogP contribution in [-0.4, -0.2) is 135 Å². The number of aliphatic hydroxyl groups is 1. The summed E-state index contributed by atoms with van der Waals surface area (Å²) in [5, 5.41) is 11.4. The smallest absolute Gasteiger partial charge is 0.411 e. The van der Waals surface area contributed by atoms with Crippen molar-refractivity contribution in [3.05, 3.63) is 49.1 Å². The maximum atomic E-state index is 14.7. The molecule has 3 aliphatic rings. The van der Waals surface area contributed by atoms with Crippen molar-refractivity contribution in [3.8, 4) is 11.4 Å². The fraction of sp³-hybridized carbons (Fsp3) is 0.674. The van der Waals surface area contributed by atoms with Crippen molar-refractivity contribution in [2.75, 3.05) is 27.7 Å². The van der Waals surface area contributed by atoms with Crippen LogP contribution >= 0.6 is 0 Å². The van der Waals surface area contributed by atoms with Crippen LogP contribution in [0.4, 0.5) is 4.79 Å². The molecule has 1 N–H and O–H groups in total. The molecule has 3 saturated heterocycles. The number of esters is 1. The lowest BCUT2D eigenvalue weighted by Crippen LogP contribution is -2.60. The Bertz CT molecular complexity index is 1790. The zero-order valence-electron chi connectivity index (χ0n) is 35.9. The molecule has 5 heterocycles. The Morgan fingerprint density at radius 1 is 0.983 bits per heavy atom. The van der Waals surface area contributed by atoms with Gasteiger partial charge in [-0.15, -0.1) is 0 Å². The van der Waals surface area contributed by atoms with Gasteiger partial charge in [0.1, 0.15) is 29.6 Å². The number of likely N-dealkylation sites (N-methyl/N-ethyl adjacent to an activating group) is 1. The van der Waals surface area contributed by atoms with E-state index in [2.05, 4.69) is 9.97 Å². The molecule has 320 valence electrons. The number of imidazole rings is 1. The van der Waals surface area contributed by atoms with Crippen molar-refractivity contribution in [2.45, 2.75) is 135 Å². The van der Waals surface area contributed by atoms with Gasteiger partial charge >= 0.3 is 12.1 Å². The molecule has 0 saturated carbocycles. The zero-order chi connectivity index (χ0) is 42.7. The normalized spacial score (nSPS) is 36.8. The number of hydrogen-bond donors (Lipinski definition) is 1. The van der Waals surface area contributed by atoms with Crippen molar-refractivity contribution in [1.82, 2.24) is 24.3 Å². The Morgan fingerprint density at radius 2 is 1.69 bits per heavy atom. The third-order valence-electron chi connectivity index (χ3n) is 12.5. The van der Waals surface area contributed by atoms with Gasteiger partial charge in [0.25, 0.3) is 0 Å². The number of aromatic nitrogens is 3. The molecular weight excluding hydrogens is 746 g/mol. The highest BCUT2D eigenvalue weighted by molar-refractivity contribution is 6.00. The van der Waals surface area contributed by atoms with Crippen molar-refractivity contribution in [2.24, 2.45) is 23.7 Å². The second kappa shape index (κ2) is 18.5. The molecule has 3 unspecified atom stereocenters. The zero-order valence-corrected chi connectivity index (χ0v) is 35.9. The van der Waals surface area contributed by atoms with E-state index in [4.69, 9.17) is 23.7 Å². The van der Waals surface area contributed by atoms with Gasteiger partial charge in [-0.3, -0.25) is 24.3 Å². The van der Waals surface area contributed by atoms with Crippen LogP contribution in [0, 0.1) is 23.7 Å². The number of carbonyl (C=O) groups is 4. The molecule has 0 radical (unpaired) electrons. The number of methoxy groups -OCH3 is 1. The molecule has 15 heteroatoms. The van der Waals surface area contributed by atoms with Crippen LogP contribution in [0.15, 0.2) is 49.1 Å². The van der Waals surface area contributed by atoms with Gasteiger partial charge < -0.3 is 38.3 Å². The molecular formula is C43H63N5O10. The van der Waals surface area contributed by atoms with E-state index < -0.39 is 83.4 Å². The first-order chi connectivity index (χ1) is 27.4. The largest absolute Gasteiger partial charge is 0.458 e. The Kier molecular flexibility index (Phi) is 14.4. The van der Waals surface area contributed by atoms with E-state index in [1.54, 1.807) is 54.1 Å². The monoisotopic (exact) mass is 809 g/mol. The highest BCUT2D eigenvalue weighted by Gasteiger charge is 2.60. The summed E-state index contributed by atoms with van der Waals surface area (Å²) in [7, 11) is 5.23. The average Bonchev–Trinajstić information content (AvgIpc) is 3.78. The van der Waals surface area contributed by atoms with Gasteiger partial charge in [0.2, 0.25) is 0 Å². The van der Waals surface area contributed by atoms with E-state index >= 15 is 0 Å². The summed E-state index contributed by atoms with van der Waals surface area (Å²) in [5.74, 6) is -5.07. The summed E-state index contributed by atoms with van der Waals surface area (Å²) in [4.78, 5) is 69.0. The molecule has 3 aliphatic heterocycles. The SMILES string of the molecule is CC[C@H]1OC(=O)[C@H](C)C(=O)[C@H](C)[C@@H](O[C@@H]2OC(C)CC(N(C)C)C2O)[C@](C)(OC)C[C@@H](C)C(=O)[C@H](C)[C@H]2N(C/C=C/Cn3cnc(-c4ccccn4)c3)C(=O)O[C@]12C. The number of hydrogen-bond acceptors (Lipinski definition) is 13. The second-order valence-corrected chi connectivity index (χ2v) is 17.0. The maximum Gasteiger partial charge on any atom is 0.411 e. The van der Waals surface area contributed by atoms with Crippen molar-refractivity contribution < 1.29 is 48.0 Å². The van der Waals surface area contributed by atoms with Crippen molar-refractivity contribution in [3.63, 3.8) is 0 Å². The standard InChI is InChI=1S/C43H63N5O10/c1-12-33-43(8)37(48(41(53)58-43)20-16-15-19-47-23-31(45-24-47)30-17-13-14-18-44-30)27(4)34(49)25(2)22-42(7,54-11)38(28(5)35(50)29(6)39(52)56-33)57-40-36(51)32(46(9)10)21-26(3)55-40/h13-18,23-29,32-33,36-38,40,51H,12,19-22H2,1-11H3/b16-15+/t25-,26?,27+,28+,29-,32?,33-,36?,37-,38-,40+,42-,43-/m1/s1. The number of aliphatic hydroxyl groups excluding tert-OH is 1. The Hall–Kier alpha value is -4.02. The fourth-order valence-corrected chi connectivity index (χ4v) is 9.16. The number of ketones is 2. The maximum absolute atomic E-state index is 14.7. The van der Waals surface area contributed by atoms with Gasteiger partial charge in [0.05, 0.1) is 35.9 Å². The lowest BCUT2D eigenvalue weighted by atomic mass is 9.73. The summed E-state index contributed by atoms with van der Waals surface area (Å²) in [6.07, 6.45) is 4.83. The van der Waals surface area contributed by atoms with Gasteiger partial charge in [-0.2, -0.15) is 0 Å². The van der Waals surface area contributed by atoms with Crippen LogP contribution in [0.25, 0.3) is 11.4 Å². The minimum atomic E-state index is -1.44. The van der Waals surface area contributed by atoms with Crippen LogP contribution in [0.2, 0.25) is 0 Å². The summed E-state index contributed by atoms with van der Waals surface area (Å²) < 4.78 is 33.0. The van der Waals surface area contributed by atoms with E-state index in [9.17, 15) is 24.3 Å². The molecule has 0 bridgehead atoms. The first kappa shape index (κ1) is 45.1. The van der Waals surface area contributed by atoms with E-state index in [0.29, 0.717) is 13.0 Å². The van der Waals surface area contributed by atoms with Gasteiger partial charge in [-0.1, -0.05) is 45.9 Å². The molecule has 1 amide bonds. The first-order valence-corrected chi connectivity index (χ1v) is 20.4. The number of pyridine rings is 1. The Balaban J connectivity index is 1.46. The summed E-state index contributed by atoms with van der Waals surface area (Å²) >= 11 is 0. The minimum Gasteiger partial charge on any atom is -0.458 e. The molecule has 0 aliphatic carbocycles. The number of cyclic esters (lactones) is 1. The topological polar surface area (TPSA) is 172 Å². The summed E-state index contributed by atoms with van der Waals surface area (Å²) in [5.41, 5.74) is -1.23. The van der Waals surface area contributed by atoms with Gasteiger partial charge in [-0.25, -0.2) is 9.78 Å². The molecule has 13 atom stereocenters. The van der Waals surface area contributed by atoms with Crippen LogP contribution in [-0.2, 0) is 44.6 Å². The third-order valence-corrected chi connectivity index (χ3v) is 12.5. The summed E-state index contributed by atoms with van der Waals surface area (Å²) in [6, 6.07) is 4.50. The number of amides is 1. The van der Waals surface area contributed by atoms with Crippen LogP contribution in [0.5, 0.6) is 0 Å². The number of nitrogens with zero attached hydrogens (tertiary/aromatic N) is 5. The van der Waals surface area contributed by atoms with Gasteiger partial charge in [0, 0.05) is 56.4 Å². The Labute approximate surface area is 342 Å². The molecule has 0 aromatic carbocycles. The quantitative estimate of drug-likeness (QED) is 0.199. The van der Waals surface area contributed by atoms with Crippen LogP contribution in [0.3, 0.4) is 0 Å². The molecule has 2 aromatic heterocycles. The minimum absolute atomic E-state index is 0.115. The average molecular weight is 810 g/mol. The van der Waals surface area contributed by atoms with E-state index in [0.717, 1.165) is 11.4 Å². The lowest BCUT2D eigenvalue weighted by molar-refractivity contribution is -0.295. The predicted octanol–water partition coefficient (Wildman–Crippen LogP) is 4.71. The molecule has 15 nitrogen and oxygen atoms in total. The highest BCUT2D eigenvalue weighted by Crippen LogP contribution is 2.43. The number of ether oxygens (including phenoxy) is 5. The molecule has 5 rings (SSSR count). The predicted molar refractivity (Wildman–Crippen MR) is 214 cm³/mol. The van der Waals surface area contributed by atoms with Crippen molar-refractivity contribution in [1.29, 1.82) is 0 Å². The van der Waals surface area contributed by atoms with Crippen LogP contribution in [0.1, 0.15) is 74.7 Å². The lowest BCUT2D eigenvalue weighted by Gasteiger charge is -2.47. The number of rotatable bonds is 10. The van der Waals surface area contributed by atoms with Crippen molar-refractivity contribution >= 4 is 23.6 Å². The molecule has 0 spiro atoms. The summed E-state index contributed by atoms with van der Waals surface area (Å²) in [6.45, 7) is 14.5. The van der Waals surface area contributed by atoms with Crippen LogP contribution < -0.4 is 0 Å². The van der Waals surface area contributed by atoms with E-state index in [1.807, 2.05) is 67.0 Å². The number of Topliss-reactive ketones (excluding diaryl/α,β-unsaturated/α-hetero) is 2. The highest BCUT2D eigenvalue weighted by atomic mass is 16.7. The molecule has 3 fully saturated rings. The molecule has 2 aromatic rings. The van der Waals surface area contributed by atoms with Gasteiger partial charge in [-0.05, 0) is 73.2 Å². The number of allylic oxidation sites excluding steroid dienone is 1. The number of fused-ring (bicyclic) bond motifs is 1. The third kappa shape index (κ3) is 9.23. The van der Waals surface area contributed by atoms with E-state index in [1.165, 1.54) is 18.9 Å². The Morgan fingerprint density at radius 3 is 2.33 bits per heavy atom. The fourth-order valence-electron chi connectivity index (χ4n) is 9.16.